The monoisotopic (exact) mass is 355 g/mol. The maximum Gasteiger partial charge on any atom is 0.255 e. The van der Waals surface area contributed by atoms with Crippen molar-refractivity contribution in [3.8, 4) is 0 Å². The third kappa shape index (κ3) is 2.85. The molecular formula is C19H18ClN3O2. The average molecular weight is 356 g/mol. The van der Waals surface area contributed by atoms with Crippen LogP contribution >= 0.6 is 11.6 Å². The van der Waals surface area contributed by atoms with Crippen LogP contribution in [0.3, 0.4) is 0 Å². The number of carbonyl (C=O) groups excluding carboxylic acids is 2. The second-order valence-electron chi connectivity index (χ2n) is 6.48. The van der Waals surface area contributed by atoms with Crippen LogP contribution in [-0.4, -0.2) is 35.5 Å². The van der Waals surface area contributed by atoms with Crippen LogP contribution in [0.1, 0.15) is 33.6 Å². The first-order chi connectivity index (χ1) is 12.1. The van der Waals surface area contributed by atoms with Crippen molar-refractivity contribution in [3.63, 3.8) is 0 Å². The van der Waals surface area contributed by atoms with Gasteiger partial charge in [0.1, 0.15) is 5.66 Å². The number of anilines is 1. The molecule has 0 aliphatic carbocycles. The number of hydrogen-bond acceptors (Lipinski definition) is 3. The smallest absolute Gasteiger partial charge is 0.255 e. The highest BCUT2D eigenvalue weighted by molar-refractivity contribution is 6.33. The van der Waals surface area contributed by atoms with Crippen LogP contribution in [0.5, 0.6) is 0 Å². The van der Waals surface area contributed by atoms with Crippen LogP contribution in [0.4, 0.5) is 5.69 Å². The zero-order valence-electron chi connectivity index (χ0n) is 13.6. The lowest BCUT2D eigenvalue weighted by atomic mass is 9.92. The fourth-order valence-corrected chi connectivity index (χ4v) is 3.73. The molecule has 2 aromatic rings. The third-order valence-corrected chi connectivity index (χ3v) is 5.24. The summed E-state index contributed by atoms with van der Waals surface area (Å²) in [7, 11) is 0. The summed E-state index contributed by atoms with van der Waals surface area (Å²) in [5, 5.41) is 7.01. The fraction of sp³-hybridized carbons (Fsp3) is 0.263. The highest BCUT2D eigenvalue weighted by atomic mass is 35.5. The Morgan fingerprint density at radius 3 is 2.44 bits per heavy atom. The lowest BCUT2D eigenvalue weighted by Gasteiger charge is -2.45. The van der Waals surface area contributed by atoms with Gasteiger partial charge in [-0.1, -0.05) is 35.9 Å². The Bertz CT molecular complexity index is 844. The number of benzene rings is 2. The van der Waals surface area contributed by atoms with Gasteiger partial charge in [0.2, 0.25) is 0 Å². The lowest BCUT2D eigenvalue weighted by Crippen LogP contribution is -2.62. The van der Waals surface area contributed by atoms with E-state index in [4.69, 9.17) is 11.6 Å². The molecule has 128 valence electrons. The van der Waals surface area contributed by atoms with Crippen molar-refractivity contribution in [2.75, 3.05) is 18.4 Å². The van der Waals surface area contributed by atoms with Gasteiger partial charge in [0, 0.05) is 31.6 Å². The van der Waals surface area contributed by atoms with E-state index in [0.29, 0.717) is 42.1 Å². The number of nitrogens with zero attached hydrogens (tertiary/aromatic N) is 1. The predicted molar refractivity (Wildman–Crippen MR) is 96.9 cm³/mol. The molecule has 2 heterocycles. The summed E-state index contributed by atoms with van der Waals surface area (Å²) in [6.45, 7) is 1.11. The van der Waals surface area contributed by atoms with Gasteiger partial charge in [-0.15, -0.1) is 0 Å². The zero-order chi connectivity index (χ0) is 17.4. The summed E-state index contributed by atoms with van der Waals surface area (Å²) >= 11 is 6.14. The molecule has 6 heteroatoms. The third-order valence-electron chi connectivity index (χ3n) is 4.91. The molecule has 0 bridgehead atoms. The number of rotatable bonds is 1. The zero-order valence-corrected chi connectivity index (χ0v) is 14.3. The van der Waals surface area contributed by atoms with Crippen LogP contribution < -0.4 is 10.6 Å². The Morgan fingerprint density at radius 2 is 1.68 bits per heavy atom. The van der Waals surface area contributed by atoms with E-state index in [2.05, 4.69) is 10.6 Å². The van der Waals surface area contributed by atoms with Gasteiger partial charge in [0.25, 0.3) is 11.8 Å². The molecule has 2 amide bonds. The molecule has 2 aromatic carbocycles. The van der Waals surface area contributed by atoms with E-state index in [0.717, 1.165) is 5.69 Å². The molecule has 2 N–H and O–H groups in total. The van der Waals surface area contributed by atoms with Crippen LogP contribution in [0.2, 0.25) is 5.02 Å². The first-order valence-corrected chi connectivity index (χ1v) is 8.69. The van der Waals surface area contributed by atoms with Gasteiger partial charge in [0.15, 0.2) is 0 Å². The van der Waals surface area contributed by atoms with E-state index < -0.39 is 5.66 Å². The van der Waals surface area contributed by atoms with Crippen molar-refractivity contribution in [2.24, 2.45) is 0 Å². The summed E-state index contributed by atoms with van der Waals surface area (Å²) < 4.78 is 0. The summed E-state index contributed by atoms with van der Waals surface area (Å²) in [4.78, 5) is 26.9. The number of carbonyl (C=O) groups is 2. The van der Waals surface area contributed by atoms with E-state index in [1.807, 2.05) is 30.3 Å². The molecule has 0 atom stereocenters. The Labute approximate surface area is 151 Å². The SMILES string of the molecule is O=C1NC2(CCN(C(=O)c3ccccc3Cl)CC2)Nc2ccccc21. The Kier molecular flexibility index (Phi) is 3.88. The van der Waals surface area contributed by atoms with Crippen LogP contribution in [-0.2, 0) is 0 Å². The Balaban J connectivity index is 1.50. The molecule has 2 aliphatic heterocycles. The van der Waals surface area contributed by atoms with Crippen molar-refractivity contribution in [2.45, 2.75) is 18.5 Å². The first kappa shape index (κ1) is 16.0. The molecule has 1 spiro atoms. The Hall–Kier alpha value is -2.53. The quantitative estimate of drug-likeness (QED) is 0.826. The second-order valence-corrected chi connectivity index (χ2v) is 6.89. The molecule has 5 nitrogen and oxygen atoms in total. The molecule has 1 fully saturated rings. The molecule has 4 rings (SSSR count). The molecule has 0 saturated carbocycles. The normalized spacial score (nSPS) is 18.3. The van der Waals surface area contributed by atoms with Gasteiger partial charge in [-0.05, 0) is 24.3 Å². The number of para-hydroxylation sites is 1. The topological polar surface area (TPSA) is 61.4 Å². The molecule has 2 aliphatic rings. The van der Waals surface area contributed by atoms with E-state index in [1.165, 1.54) is 0 Å². The van der Waals surface area contributed by atoms with Gasteiger partial charge in [-0.3, -0.25) is 9.59 Å². The van der Waals surface area contributed by atoms with Crippen molar-refractivity contribution in [1.82, 2.24) is 10.2 Å². The van der Waals surface area contributed by atoms with Crippen LogP contribution in [0, 0.1) is 0 Å². The molecule has 25 heavy (non-hydrogen) atoms. The van der Waals surface area contributed by atoms with E-state index in [9.17, 15) is 9.59 Å². The van der Waals surface area contributed by atoms with Gasteiger partial charge < -0.3 is 15.5 Å². The van der Waals surface area contributed by atoms with Crippen LogP contribution in [0.25, 0.3) is 0 Å². The minimum Gasteiger partial charge on any atom is -0.362 e. The predicted octanol–water partition coefficient (Wildman–Crippen LogP) is 3.13. The van der Waals surface area contributed by atoms with Crippen LogP contribution in [0.15, 0.2) is 48.5 Å². The standard InChI is InChI=1S/C19H18ClN3O2/c20-15-7-3-1-5-13(15)18(25)23-11-9-19(10-12-23)21-16-8-4-2-6-14(16)17(24)22-19/h1-8,21H,9-12H2,(H,22,24). The minimum atomic E-state index is -0.497. The molecule has 0 radical (unpaired) electrons. The van der Waals surface area contributed by atoms with Crippen molar-refractivity contribution >= 4 is 29.1 Å². The van der Waals surface area contributed by atoms with Gasteiger partial charge in [0.05, 0.1) is 16.1 Å². The highest BCUT2D eigenvalue weighted by Crippen LogP contribution is 2.32. The first-order valence-electron chi connectivity index (χ1n) is 8.32. The maximum absolute atomic E-state index is 12.7. The fourth-order valence-electron chi connectivity index (χ4n) is 3.51. The van der Waals surface area contributed by atoms with E-state index >= 15 is 0 Å². The molecular weight excluding hydrogens is 338 g/mol. The number of amides is 2. The minimum absolute atomic E-state index is 0.0667. The molecule has 0 aromatic heterocycles. The van der Waals surface area contributed by atoms with Gasteiger partial charge in [-0.2, -0.15) is 0 Å². The van der Waals surface area contributed by atoms with Crippen molar-refractivity contribution in [1.29, 1.82) is 0 Å². The largest absolute Gasteiger partial charge is 0.362 e. The number of halogens is 1. The summed E-state index contributed by atoms with van der Waals surface area (Å²) in [6, 6.07) is 14.6. The van der Waals surface area contributed by atoms with Crippen molar-refractivity contribution < 1.29 is 9.59 Å². The molecule has 0 unspecified atom stereocenters. The van der Waals surface area contributed by atoms with Gasteiger partial charge in [-0.25, -0.2) is 0 Å². The number of nitrogens with one attached hydrogen (secondary N) is 2. The van der Waals surface area contributed by atoms with Crippen molar-refractivity contribution in [3.05, 3.63) is 64.7 Å². The van der Waals surface area contributed by atoms with E-state index in [1.54, 1.807) is 23.1 Å². The van der Waals surface area contributed by atoms with E-state index in [-0.39, 0.29) is 11.8 Å². The van der Waals surface area contributed by atoms with Gasteiger partial charge >= 0.3 is 0 Å². The molecule has 1 saturated heterocycles. The highest BCUT2D eigenvalue weighted by Gasteiger charge is 2.41. The summed E-state index contributed by atoms with van der Waals surface area (Å²) in [5.41, 5.74) is 1.52. The Morgan fingerprint density at radius 1 is 1.00 bits per heavy atom. The number of fused-ring (bicyclic) bond motifs is 1. The number of likely N-dealkylation sites (tertiary alicyclic amines) is 1. The number of hydrogen-bond donors (Lipinski definition) is 2. The second kappa shape index (κ2) is 6.08. The maximum atomic E-state index is 12.7. The summed E-state index contributed by atoms with van der Waals surface area (Å²) in [5.74, 6) is -0.136. The summed E-state index contributed by atoms with van der Waals surface area (Å²) in [6.07, 6.45) is 1.28. The number of piperidine rings is 1. The lowest BCUT2D eigenvalue weighted by molar-refractivity contribution is 0.0640. The average Bonchev–Trinajstić information content (AvgIpc) is 2.62.